The summed E-state index contributed by atoms with van der Waals surface area (Å²) in [4.78, 5) is 7.81. The zero-order valence-corrected chi connectivity index (χ0v) is 14.6. The molecular formula is C17H36N4. The van der Waals surface area contributed by atoms with Crippen molar-refractivity contribution in [3.63, 3.8) is 0 Å². The van der Waals surface area contributed by atoms with Crippen LogP contribution in [-0.4, -0.2) is 85.2 Å². The summed E-state index contributed by atoms with van der Waals surface area (Å²) < 4.78 is 0. The molecule has 0 amide bonds. The van der Waals surface area contributed by atoms with E-state index in [0.717, 1.165) is 12.6 Å². The Morgan fingerprint density at radius 1 is 0.810 bits per heavy atom. The van der Waals surface area contributed by atoms with Crippen molar-refractivity contribution in [3.8, 4) is 0 Å². The molecule has 124 valence electrons. The third kappa shape index (κ3) is 5.51. The molecule has 0 bridgehead atoms. The van der Waals surface area contributed by atoms with Crippen LogP contribution >= 0.6 is 0 Å². The molecule has 0 aliphatic carbocycles. The molecule has 2 aliphatic heterocycles. The maximum absolute atomic E-state index is 3.78. The average molecular weight is 297 g/mol. The van der Waals surface area contributed by atoms with E-state index >= 15 is 0 Å². The zero-order chi connectivity index (χ0) is 15.2. The number of piperidine rings is 1. The van der Waals surface area contributed by atoms with Gasteiger partial charge in [0.2, 0.25) is 0 Å². The van der Waals surface area contributed by atoms with Crippen LogP contribution in [-0.2, 0) is 0 Å². The number of rotatable bonds is 6. The maximum Gasteiger partial charge on any atom is 0.0113 e. The highest BCUT2D eigenvalue weighted by Gasteiger charge is 2.21. The van der Waals surface area contributed by atoms with Crippen molar-refractivity contribution in [2.45, 2.75) is 58.7 Å². The molecule has 2 saturated heterocycles. The Balaban J connectivity index is 1.55. The monoisotopic (exact) mass is 296 g/mol. The molecule has 0 saturated carbocycles. The quantitative estimate of drug-likeness (QED) is 0.801. The highest BCUT2D eigenvalue weighted by Crippen LogP contribution is 2.12. The van der Waals surface area contributed by atoms with Crippen molar-refractivity contribution in [2.75, 3.05) is 52.4 Å². The van der Waals surface area contributed by atoms with Gasteiger partial charge in [-0.2, -0.15) is 0 Å². The van der Waals surface area contributed by atoms with E-state index in [4.69, 9.17) is 0 Å². The van der Waals surface area contributed by atoms with Gasteiger partial charge in [0.15, 0.2) is 0 Å². The fourth-order valence-electron chi connectivity index (χ4n) is 3.55. The average Bonchev–Trinajstić information content (AvgIpc) is 2.48. The van der Waals surface area contributed by atoms with Crippen LogP contribution in [0.2, 0.25) is 0 Å². The van der Waals surface area contributed by atoms with Gasteiger partial charge in [-0.25, -0.2) is 0 Å². The molecule has 0 spiro atoms. The summed E-state index contributed by atoms with van der Waals surface area (Å²) in [5, 5.41) is 3.78. The van der Waals surface area contributed by atoms with E-state index in [-0.39, 0.29) is 0 Å². The molecule has 21 heavy (non-hydrogen) atoms. The first-order valence-electron chi connectivity index (χ1n) is 9.00. The second kappa shape index (κ2) is 8.47. The third-order valence-corrected chi connectivity index (χ3v) is 5.26. The van der Waals surface area contributed by atoms with E-state index in [9.17, 15) is 0 Å². The van der Waals surface area contributed by atoms with E-state index in [2.05, 4.69) is 47.7 Å². The van der Waals surface area contributed by atoms with Crippen molar-refractivity contribution in [1.82, 2.24) is 20.0 Å². The van der Waals surface area contributed by atoms with Gasteiger partial charge in [0.05, 0.1) is 0 Å². The van der Waals surface area contributed by atoms with Gasteiger partial charge in [0, 0.05) is 57.4 Å². The highest BCUT2D eigenvalue weighted by molar-refractivity contribution is 4.80. The maximum atomic E-state index is 3.78. The largest absolute Gasteiger partial charge is 0.313 e. The topological polar surface area (TPSA) is 21.8 Å². The van der Waals surface area contributed by atoms with E-state index in [1.165, 1.54) is 58.7 Å². The SMILES string of the molecule is CC(C)N1CCC(NCCN2CCN(C(C)C)CC2)CC1. The molecule has 0 aromatic rings. The molecule has 2 rings (SSSR count). The molecule has 2 fully saturated rings. The molecular weight excluding hydrogens is 260 g/mol. The van der Waals surface area contributed by atoms with Crippen LogP contribution < -0.4 is 5.32 Å². The van der Waals surface area contributed by atoms with Crippen molar-refractivity contribution < 1.29 is 0 Å². The Kier molecular flexibility index (Phi) is 6.93. The van der Waals surface area contributed by atoms with Gasteiger partial charge in [-0.15, -0.1) is 0 Å². The van der Waals surface area contributed by atoms with Gasteiger partial charge in [-0.05, 0) is 53.6 Å². The van der Waals surface area contributed by atoms with Crippen LogP contribution in [0.5, 0.6) is 0 Å². The number of nitrogens with zero attached hydrogens (tertiary/aromatic N) is 3. The minimum absolute atomic E-state index is 0.705. The second-order valence-electron chi connectivity index (χ2n) is 7.33. The van der Waals surface area contributed by atoms with Crippen LogP contribution in [0.25, 0.3) is 0 Å². The summed E-state index contributed by atoms with van der Waals surface area (Å²) in [6, 6.07) is 2.16. The fourth-order valence-corrected chi connectivity index (χ4v) is 3.55. The van der Waals surface area contributed by atoms with E-state index in [1.807, 2.05) is 0 Å². The van der Waals surface area contributed by atoms with E-state index < -0.39 is 0 Å². The van der Waals surface area contributed by atoms with Crippen LogP contribution in [0.3, 0.4) is 0 Å². The standard InChI is InChI=1S/C17H36N4/c1-15(2)20-8-5-17(6-9-20)18-7-10-19-11-13-21(14-12-19)16(3)4/h15-18H,5-14H2,1-4H3. The Bertz CT molecular complexity index is 249. The highest BCUT2D eigenvalue weighted by atomic mass is 15.3. The summed E-state index contributed by atoms with van der Waals surface area (Å²) in [5.74, 6) is 0. The molecule has 0 atom stereocenters. The minimum atomic E-state index is 0.705. The van der Waals surface area contributed by atoms with Crippen LogP contribution in [0.15, 0.2) is 0 Å². The molecule has 2 heterocycles. The van der Waals surface area contributed by atoms with Gasteiger partial charge in [-0.3, -0.25) is 9.80 Å². The van der Waals surface area contributed by atoms with Crippen molar-refractivity contribution >= 4 is 0 Å². The normalized spacial score (nSPS) is 24.3. The third-order valence-electron chi connectivity index (χ3n) is 5.26. The van der Waals surface area contributed by atoms with E-state index in [1.54, 1.807) is 0 Å². The van der Waals surface area contributed by atoms with Crippen molar-refractivity contribution in [2.24, 2.45) is 0 Å². The minimum Gasteiger partial charge on any atom is -0.313 e. The smallest absolute Gasteiger partial charge is 0.0113 e. The Labute approximate surface area is 131 Å². The number of likely N-dealkylation sites (tertiary alicyclic amines) is 1. The predicted molar refractivity (Wildman–Crippen MR) is 90.9 cm³/mol. The van der Waals surface area contributed by atoms with Gasteiger partial charge in [0.1, 0.15) is 0 Å². The second-order valence-corrected chi connectivity index (χ2v) is 7.33. The first-order valence-corrected chi connectivity index (χ1v) is 9.00. The van der Waals surface area contributed by atoms with Crippen LogP contribution in [0.4, 0.5) is 0 Å². The lowest BCUT2D eigenvalue weighted by molar-refractivity contribution is 0.106. The Morgan fingerprint density at radius 2 is 1.33 bits per heavy atom. The molecule has 0 aromatic carbocycles. The number of hydrogen-bond acceptors (Lipinski definition) is 4. The van der Waals surface area contributed by atoms with Crippen LogP contribution in [0.1, 0.15) is 40.5 Å². The van der Waals surface area contributed by atoms with Gasteiger partial charge in [-0.1, -0.05) is 0 Å². The molecule has 0 unspecified atom stereocenters. The van der Waals surface area contributed by atoms with Crippen molar-refractivity contribution in [3.05, 3.63) is 0 Å². The van der Waals surface area contributed by atoms with Crippen LogP contribution in [0, 0.1) is 0 Å². The number of hydrogen-bond donors (Lipinski definition) is 1. The first-order chi connectivity index (χ1) is 10.1. The lowest BCUT2D eigenvalue weighted by Crippen LogP contribution is -2.51. The Morgan fingerprint density at radius 3 is 1.86 bits per heavy atom. The molecule has 4 nitrogen and oxygen atoms in total. The van der Waals surface area contributed by atoms with Gasteiger partial charge >= 0.3 is 0 Å². The zero-order valence-electron chi connectivity index (χ0n) is 14.6. The first kappa shape index (κ1) is 17.2. The number of piperazine rings is 1. The molecule has 4 heteroatoms. The van der Waals surface area contributed by atoms with Gasteiger partial charge in [0.25, 0.3) is 0 Å². The van der Waals surface area contributed by atoms with Gasteiger partial charge < -0.3 is 10.2 Å². The summed E-state index contributed by atoms with van der Waals surface area (Å²) in [6.07, 6.45) is 2.64. The Hall–Kier alpha value is -0.160. The predicted octanol–water partition coefficient (Wildman–Crippen LogP) is 1.47. The van der Waals surface area contributed by atoms with E-state index in [0.29, 0.717) is 12.1 Å². The molecule has 0 aromatic heterocycles. The molecule has 1 N–H and O–H groups in total. The summed E-state index contributed by atoms with van der Waals surface area (Å²) in [5.41, 5.74) is 0. The van der Waals surface area contributed by atoms with Crippen molar-refractivity contribution in [1.29, 1.82) is 0 Å². The lowest BCUT2D eigenvalue weighted by Gasteiger charge is -2.38. The fraction of sp³-hybridized carbons (Fsp3) is 1.00. The summed E-state index contributed by atoms with van der Waals surface area (Å²) in [7, 11) is 0. The summed E-state index contributed by atoms with van der Waals surface area (Å²) >= 11 is 0. The lowest BCUT2D eigenvalue weighted by atomic mass is 10.0. The molecule has 2 aliphatic rings. The molecule has 0 radical (unpaired) electrons. The number of nitrogens with one attached hydrogen (secondary N) is 1. The summed E-state index contributed by atoms with van der Waals surface area (Å²) in [6.45, 7) is 19.1.